The van der Waals surface area contributed by atoms with Crippen molar-refractivity contribution < 1.29 is 34.7 Å². The van der Waals surface area contributed by atoms with Crippen LogP contribution in [0.1, 0.15) is 12.5 Å². The van der Waals surface area contributed by atoms with E-state index in [2.05, 4.69) is 0 Å². The molecule has 0 radical (unpaired) electrons. The highest BCUT2D eigenvalue weighted by Gasteiger charge is 2.22. The Morgan fingerprint density at radius 3 is 2.48 bits per heavy atom. The lowest BCUT2D eigenvalue weighted by Gasteiger charge is -2.15. The molecule has 0 saturated carbocycles. The van der Waals surface area contributed by atoms with E-state index in [1.165, 1.54) is 19.2 Å². The number of hydrogen-bond donors (Lipinski definition) is 5. The fourth-order valence-corrected chi connectivity index (χ4v) is 2.99. The third-order valence-electron chi connectivity index (χ3n) is 4.59. The van der Waals surface area contributed by atoms with E-state index in [4.69, 9.17) is 14.3 Å². The number of aliphatic hydroxyl groups is 1. The standard InChI is InChI=1S/C21H20O8/c1-10(8-22)3-4-12-19(25)13(7-17(28-2)20(12)26)14-9-29-16-6-11(23)5-15(24)18(16)21(14)27/h3,5-7,9,22-26H,4,8H2,1-2H3/b10-3-. The third kappa shape index (κ3) is 3.57. The van der Waals surface area contributed by atoms with Gasteiger partial charge in [-0.05, 0) is 19.4 Å². The van der Waals surface area contributed by atoms with Crippen molar-refractivity contribution in [1.29, 1.82) is 0 Å². The zero-order valence-corrected chi connectivity index (χ0v) is 15.8. The molecule has 0 atom stereocenters. The van der Waals surface area contributed by atoms with Gasteiger partial charge in [0.1, 0.15) is 34.5 Å². The second kappa shape index (κ2) is 7.76. The normalized spacial score (nSPS) is 11.8. The smallest absolute Gasteiger partial charge is 0.204 e. The van der Waals surface area contributed by atoms with Crippen LogP contribution in [-0.2, 0) is 6.42 Å². The van der Waals surface area contributed by atoms with Crippen LogP contribution in [-0.4, -0.2) is 39.2 Å². The quantitative estimate of drug-likeness (QED) is 0.412. The average molecular weight is 400 g/mol. The summed E-state index contributed by atoms with van der Waals surface area (Å²) < 4.78 is 10.5. The number of rotatable bonds is 5. The zero-order chi connectivity index (χ0) is 21.3. The molecule has 2 aromatic carbocycles. The van der Waals surface area contributed by atoms with Crippen LogP contribution in [0, 0.1) is 0 Å². The number of phenols is 4. The summed E-state index contributed by atoms with van der Waals surface area (Å²) in [6.07, 6.45) is 2.79. The van der Waals surface area contributed by atoms with Gasteiger partial charge in [0.15, 0.2) is 11.5 Å². The molecular formula is C21H20O8. The van der Waals surface area contributed by atoms with E-state index in [-0.39, 0.29) is 63.7 Å². The molecule has 0 unspecified atom stereocenters. The number of aromatic hydroxyl groups is 4. The highest BCUT2D eigenvalue weighted by atomic mass is 16.5. The largest absolute Gasteiger partial charge is 0.508 e. The Morgan fingerprint density at radius 1 is 1.10 bits per heavy atom. The average Bonchev–Trinajstić information content (AvgIpc) is 2.68. The fourth-order valence-electron chi connectivity index (χ4n) is 2.99. The Hall–Kier alpha value is -3.65. The minimum atomic E-state index is -0.639. The number of ether oxygens (including phenoxy) is 1. The maximum Gasteiger partial charge on any atom is 0.204 e. The number of aliphatic hydroxyl groups excluding tert-OH is 1. The van der Waals surface area contributed by atoms with Crippen LogP contribution in [0.25, 0.3) is 22.1 Å². The Labute approximate surface area is 165 Å². The van der Waals surface area contributed by atoms with Crippen molar-refractivity contribution in [3.05, 3.63) is 51.9 Å². The summed E-state index contributed by atoms with van der Waals surface area (Å²) in [6.45, 7) is 1.50. The number of fused-ring (bicyclic) bond motifs is 1. The van der Waals surface area contributed by atoms with E-state index >= 15 is 0 Å². The van der Waals surface area contributed by atoms with E-state index in [0.29, 0.717) is 5.57 Å². The Morgan fingerprint density at radius 2 is 1.83 bits per heavy atom. The van der Waals surface area contributed by atoms with Crippen molar-refractivity contribution in [2.24, 2.45) is 0 Å². The predicted octanol–water partition coefficient (Wildman–Crippen LogP) is 2.77. The molecular weight excluding hydrogens is 380 g/mol. The molecule has 3 aromatic rings. The van der Waals surface area contributed by atoms with E-state index in [0.717, 1.165) is 12.3 Å². The molecule has 0 saturated heterocycles. The number of hydrogen-bond acceptors (Lipinski definition) is 8. The summed E-state index contributed by atoms with van der Waals surface area (Å²) in [6, 6.07) is 3.48. The molecule has 0 bridgehead atoms. The van der Waals surface area contributed by atoms with Crippen molar-refractivity contribution >= 4 is 11.0 Å². The second-order valence-electron chi connectivity index (χ2n) is 6.53. The Balaban J connectivity index is 2.29. The lowest BCUT2D eigenvalue weighted by molar-refractivity contribution is 0.331. The lowest BCUT2D eigenvalue weighted by atomic mass is 9.97. The second-order valence-corrected chi connectivity index (χ2v) is 6.53. The van der Waals surface area contributed by atoms with Crippen molar-refractivity contribution in [2.75, 3.05) is 13.7 Å². The van der Waals surface area contributed by atoms with Gasteiger partial charge in [-0.15, -0.1) is 0 Å². The molecule has 0 fully saturated rings. The molecule has 0 aliphatic heterocycles. The third-order valence-corrected chi connectivity index (χ3v) is 4.59. The minimum absolute atomic E-state index is 0.0248. The van der Waals surface area contributed by atoms with Gasteiger partial charge in [0.05, 0.1) is 19.3 Å². The van der Waals surface area contributed by atoms with Gasteiger partial charge in [0.2, 0.25) is 5.43 Å². The van der Waals surface area contributed by atoms with Gasteiger partial charge in [0, 0.05) is 23.3 Å². The zero-order valence-electron chi connectivity index (χ0n) is 15.8. The molecule has 29 heavy (non-hydrogen) atoms. The van der Waals surface area contributed by atoms with Crippen LogP contribution in [0.15, 0.2) is 45.3 Å². The molecule has 152 valence electrons. The van der Waals surface area contributed by atoms with Crippen LogP contribution >= 0.6 is 0 Å². The number of methoxy groups -OCH3 is 1. The van der Waals surface area contributed by atoms with E-state index in [9.17, 15) is 25.2 Å². The van der Waals surface area contributed by atoms with Gasteiger partial charge < -0.3 is 34.7 Å². The molecule has 1 heterocycles. The fraction of sp³-hybridized carbons (Fsp3) is 0.190. The number of phenolic OH excluding ortho intramolecular Hbond substituents is 4. The summed E-state index contributed by atoms with van der Waals surface area (Å²) in [4.78, 5) is 13.0. The van der Waals surface area contributed by atoms with Crippen LogP contribution in [0.3, 0.4) is 0 Å². The number of allylic oxidation sites excluding steroid dienone is 1. The van der Waals surface area contributed by atoms with Crippen LogP contribution in [0.2, 0.25) is 0 Å². The van der Waals surface area contributed by atoms with Crippen LogP contribution in [0.4, 0.5) is 0 Å². The van der Waals surface area contributed by atoms with Gasteiger partial charge in [-0.2, -0.15) is 0 Å². The van der Waals surface area contributed by atoms with Gasteiger partial charge in [0.25, 0.3) is 0 Å². The molecule has 8 heteroatoms. The summed E-state index contributed by atoms with van der Waals surface area (Å²) >= 11 is 0. The van der Waals surface area contributed by atoms with Crippen LogP contribution < -0.4 is 10.2 Å². The van der Waals surface area contributed by atoms with Gasteiger partial charge in [-0.1, -0.05) is 11.6 Å². The van der Waals surface area contributed by atoms with Crippen molar-refractivity contribution in [1.82, 2.24) is 0 Å². The highest BCUT2D eigenvalue weighted by molar-refractivity contribution is 5.89. The molecule has 1 aromatic heterocycles. The predicted molar refractivity (Wildman–Crippen MR) is 106 cm³/mol. The monoisotopic (exact) mass is 400 g/mol. The first-order valence-corrected chi connectivity index (χ1v) is 8.64. The summed E-state index contributed by atoms with van der Waals surface area (Å²) in [7, 11) is 1.33. The van der Waals surface area contributed by atoms with Gasteiger partial charge in [-0.25, -0.2) is 0 Å². The van der Waals surface area contributed by atoms with Crippen molar-refractivity contribution in [3.8, 4) is 39.9 Å². The van der Waals surface area contributed by atoms with Crippen LogP contribution in [0.5, 0.6) is 28.7 Å². The molecule has 0 spiro atoms. The first-order valence-electron chi connectivity index (χ1n) is 8.64. The molecule has 3 rings (SSSR count). The topological polar surface area (TPSA) is 141 Å². The van der Waals surface area contributed by atoms with Crippen molar-refractivity contribution in [3.63, 3.8) is 0 Å². The molecule has 0 aliphatic rings. The van der Waals surface area contributed by atoms with E-state index in [1.54, 1.807) is 13.0 Å². The minimum Gasteiger partial charge on any atom is -0.508 e. The first-order chi connectivity index (χ1) is 13.8. The van der Waals surface area contributed by atoms with Gasteiger partial charge in [-0.3, -0.25) is 4.79 Å². The lowest BCUT2D eigenvalue weighted by Crippen LogP contribution is -2.06. The highest BCUT2D eigenvalue weighted by Crippen LogP contribution is 2.44. The Kier molecular flexibility index (Phi) is 5.38. The van der Waals surface area contributed by atoms with Crippen molar-refractivity contribution in [2.45, 2.75) is 13.3 Å². The maximum atomic E-state index is 13.0. The maximum absolute atomic E-state index is 13.0. The SMILES string of the molecule is COc1cc(-c2coc3cc(O)cc(O)c3c2=O)c(O)c(C/C=C(/C)CO)c1O. The molecule has 5 N–H and O–H groups in total. The number of benzene rings is 2. The van der Waals surface area contributed by atoms with Gasteiger partial charge >= 0.3 is 0 Å². The van der Waals surface area contributed by atoms with E-state index in [1.807, 2.05) is 0 Å². The Bertz CT molecular complexity index is 1170. The first kappa shape index (κ1) is 20.1. The van der Waals surface area contributed by atoms with E-state index < -0.39 is 11.2 Å². The molecule has 8 nitrogen and oxygen atoms in total. The molecule has 0 amide bonds. The molecule has 0 aliphatic carbocycles. The summed E-state index contributed by atoms with van der Waals surface area (Å²) in [5.41, 5.74) is 0.0268. The summed E-state index contributed by atoms with van der Waals surface area (Å²) in [5, 5.41) is 49.8. The summed E-state index contributed by atoms with van der Waals surface area (Å²) in [5.74, 6) is -1.38.